The van der Waals surface area contributed by atoms with E-state index >= 15 is 0 Å². The van der Waals surface area contributed by atoms with Crippen molar-refractivity contribution in [3.8, 4) is 0 Å². The van der Waals surface area contributed by atoms with E-state index in [1.165, 1.54) is 32.1 Å². The molecule has 7 unspecified atom stereocenters. The number of aliphatic hydroxyl groups is 1. The van der Waals surface area contributed by atoms with E-state index in [0.717, 1.165) is 50.2 Å². The van der Waals surface area contributed by atoms with E-state index in [9.17, 15) is 5.11 Å². The van der Waals surface area contributed by atoms with Crippen LogP contribution in [-0.2, 0) is 9.47 Å². The zero-order valence-electron chi connectivity index (χ0n) is 16.8. The highest BCUT2D eigenvalue weighted by atomic mass is 16.7. The molecular weight excluding hydrogens is 324 g/mol. The van der Waals surface area contributed by atoms with E-state index in [2.05, 4.69) is 19.9 Å². The quantitative estimate of drug-likeness (QED) is 0.690. The summed E-state index contributed by atoms with van der Waals surface area (Å²) in [6.07, 6.45) is 12.1. The molecule has 3 saturated carbocycles. The van der Waals surface area contributed by atoms with Crippen molar-refractivity contribution in [1.82, 2.24) is 0 Å². The van der Waals surface area contributed by atoms with Crippen LogP contribution in [0.3, 0.4) is 0 Å². The summed E-state index contributed by atoms with van der Waals surface area (Å²) in [6.45, 7) is 8.59. The normalized spacial score (nSPS) is 50.7. The third-order valence-electron chi connectivity index (χ3n) is 9.53. The minimum Gasteiger partial charge on any atom is -0.393 e. The van der Waals surface area contributed by atoms with E-state index in [-0.39, 0.29) is 17.3 Å². The standard InChI is InChI=1S/C23H36O3/c1-15(24)18-6-7-19-17-5-4-16-14-23(25-12-13-26-23)11-10-21(16,2)20(17)8-9-22(18,19)3/h7,15-18,20,24H,4-6,8-14H2,1-3H3. The smallest absolute Gasteiger partial charge is 0.168 e. The predicted molar refractivity (Wildman–Crippen MR) is 102 cm³/mol. The third-order valence-corrected chi connectivity index (χ3v) is 9.53. The lowest BCUT2D eigenvalue weighted by molar-refractivity contribution is -0.223. The summed E-state index contributed by atoms with van der Waals surface area (Å²) < 4.78 is 12.2. The Hall–Kier alpha value is -0.380. The first-order chi connectivity index (χ1) is 12.4. The minimum absolute atomic E-state index is 0.191. The first kappa shape index (κ1) is 17.7. The van der Waals surface area contributed by atoms with Gasteiger partial charge in [-0.15, -0.1) is 0 Å². The first-order valence-electron chi connectivity index (χ1n) is 11.0. The molecule has 0 aromatic carbocycles. The second-order valence-electron chi connectivity index (χ2n) is 10.5. The van der Waals surface area contributed by atoms with Crippen molar-refractivity contribution in [1.29, 1.82) is 0 Å². The molecule has 0 amide bonds. The molecule has 4 aliphatic carbocycles. The molecule has 0 aromatic heterocycles. The summed E-state index contributed by atoms with van der Waals surface area (Å²) in [5.74, 6) is 2.49. The maximum atomic E-state index is 10.3. The Bertz CT molecular complexity index is 605. The Labute approximate surface area is 158 Å². The number of hydrogen-bond acceptors (Lipinski definition) is 3. The maximum absolute atomic E-state index is 10.3. The van der Waals surface area contributed by atoms with Gasteiger partial charge < -0.3 is 14.6 Å². The van der Waals surface area contributed by atoms with Crippen LogP contribution >= 0.6 is 0 Å². The summed E-state index contributed by atoms with van der Waals surface area (Å²) >= 11 is 0. The van der Waals surface area contributed by atoms with Crippen molar-refractivity contribution in [2.45, 2.75) is 84.0 Å². The van der Waals surface area contributed by atoms with E-state index in [1.54, 1.807) is 5.57 Å². The lowest BCUT2D eigenvalue weighted by Crippen LogP contribution is -2.55. The van der Waals surface area contributed by atoms with E-state index < -0.39 is 0 Å². The van der Waals surface area contributed by atoms with Crippen LogP contribution in [0.2, 0.25) is 0 Å². The van der Waals surface area contributed by atoms with Gasteiger partial charge in [0.2, 0.25) is 0 Å². The molecule has 7 atom stereocenters. The number of allylic oxidation sites excluding steroid dienone is 2. The summed E-state index contributed by atoms with van der Waals surface area (Å²) in [5.41, 5.74) is 2.40. The topological polar surface area (TPSA) is 38.7 Å². The van der Waals surface area contributed by atoms with Crippen molar-refractivity contribution < 1.29 is 14.6 Å². The van der Waals surface area contributed by atoms with Gasteiger partial charge in [-0.05, 0) is 80.0 Å². The fourth-order valence-electron chi connectivity index (χ4n) is 8.05. The summed E-state index contributed by atoms with van der Waals surface area (Å²) in [6, 6.07) is 0. The van der Waals surface area contributed by atoms with Crippen LogP contribution in [0.15, 0.2) is 11.6 Å². The molecule has 1 spiro atoms. The van der Waals surface area contributed by atoms with Gasteiger partial charge in [0, 0.05) is 12.8 Å². The Kier molecular flexibility index (Phi) is 3.96. The molecule has 26 heavy (non-hydrogen) atoms. The molecule has 0 bridgehead atoms. The Morgan fingerprint density at radius 3 is 2.58 bits per heavy atom. The van der Waals surface area contributed by atoms with Crippen LogP contribution in [0.25, 0.3) is 0 Å². The van der Waals surface area contributed by atoms with Crippen LogP contribution in [0.5, 0.6) is 0 Å². The second kappa shape index (κ2) is 5.81. The molecule has 3 nitrogen and oxygen atoms in total. The number of fused-ring (bicyclic) bond motifs is 5. The number of hydrogen-bond donors (Lipinski definition) is 1. The predicted octanol–water partition coefficient (Wildman–Crippen LogP) is 4.69. The number of ether oxygens (including phenoxy) is 2. The minimum atomic E-state index is -0.246. The Morgan fingerprint density at radius 2 is 1.85 bits per heavy atom. The molecule has 1 N–H and O–H groups in total. The fourth-order valence-corrected chi connectivity index (χ4v) is 8.05. The zero-order valence-corrected chi connectivity index (χ0v) is 16.8. The van der Waals surface area contributed by atoms with Gasteiger partial charge in [0.25, 0.3) is 0 Å². The Morgan fingerprint density at radius 1 is 1.08 bits per heavy atom. The van der Waals surface area contributed by atoms with Crippen molar-refractivity contribution >= 4 is 0 Å². The fraction of sp³-hybridized carbons (Fsp3) is 0.913. The van der Waals surface area contributed by atoms with Crippen molar-refractivity contribution in [3.63, 3.8) is 0 Å². The molecular formula is C23H36O3. The average Bonchev–Trinajstić information content (AvgIpc) is 3.20. The van der Waals surface area contributed by atoms with Gasteiger partial charge in [-0.1, -0.05) is 25.5 Å². The van der Waals surface area contributed by atoms with E-state index in [0.29, 0.717) is 11.3 Å². The molecule has 1 saturated heterocycles. The van der Waals surface area contributed by atoms with Crippen LogP contribution in [0.1, 0.15) is 72.1 Å². The molecule has 0 radical (unpaired) electrons. The van der Waals surface area contributed by atoms with Gasteiger partial charge in [-0.25, -0.2) is 0 Å². The lowest BCUT2D eigenvalue weighted by Gasteiger charge is -2.60. The largest absolute Gasteiger partial charge is 0.393 e. The molecule has 3 heteroatoms. The molecule has 4 fully saturated rings. The average molecular weight is 361 g/mol. The van der Waals surface area contributed by atoms with Gasteiger partial charge in [-0.3, -0.25) is 0 Å². The molecule has 146 valence electrons. The van der Waals surface area contributed by atoms with Gasteiger partial charge in [0.1, 0.15) is 0 Å². The molecule has 5 rings (SSSR count). The third kappa shape index (κ3) is 2.29. The van der Waals surface area contributed by atoms with Crippen LogP contribution < -0.4 is 0 Å². The van der Waals surface area contributed by atoms with Gasteiger partial charge in [-0.2, -0.15) is 0 Å². The van der Waals surface area contributed by atoms with Crippen molar-refractivity contribution in [2.24, 2.45) is 34.5 Å². The summed E-state index contributed by atoms with van der Waals surface area (Å²) in [5, 5.41) is 10.3. The molecule has 1 aliphatic heterocycles. The first-order valence-corrected chi connectivity index (χ1v) is 11.0. The molecule has 0 aromatic rings. The van der Waals surface area contributed by atoms with E-state index in [4.69, 9.17) is 9.47 Å². The zero-order chi connectivity index (χ0) is 18.2. The maximum Gasteiger partial charge on any atom is 0.168 e. The highest BCUT2D eigenvalue weighted by Gasteiger charge is 2.60. The highest BCUT2D eigenvalue weighted by molar-refractivity contribution is 5.30. The van der Waals surface area contributed by atoms with Crippen molar-refractivity contribution in [3.05, 3.63) is 11.6 Å². The van der Waals surface area contributed by atoms with Gasteiger partial charge in [0.05, 0.1) is 19.3 Å². The van der Waals surface area contributed by atoms with Gasteiger partial charge >= 0.3 is 0 Å². The number of aliphatic hydroxyl groups excluding tert-OH is 1. The monoisotopic (exact) mass is 360 g/mol. The highest BCUT2D eigenvalue weighted by Crippen LogP contribution is 2.67. The molecule has 5 aliphatic rings. The van der Waals surface area contributed by atoms with Crippen LogP contribution in [0.4, 0.5) is 0 Å². The second-order valence-corrected chi connectivity index (χ2v) is 10.5. The number of rotatable bonds is 1. The van der Waals surface area contributed by atoms with Crippen molar-refractivity contribution in [2.75, 3.05) is 13.2 Å². The summed E-state index contributed by atoms with van der Waals surface area (Å²) in [7, 11) is 0. The molecule has 1 heterocycles. The van der Waals surface area contributed by atoms with E-state index in [1.807, 2.05) is 6.92 Å². The van der Waals surface area contributed by atoms with Gasteiger partial charge in [0.15, 0.2) is 5.79 Å². The van der Waals surface area contributed by atoms with Crippen LogP contribution in [-0.4, -0.2) is 30.2 Å². The van der Waals surface area contributed by atoms with Crippen LogP contribution in [0, 0.1) is 34.5 Å². The lowest BCUT2D eigenvalue weighted by atomic mass is 9.45. The SMILES string of the molecule is CC(O)C1CC=C2C3CCC4CC5(CCC4(C)C3CCC21C)OCCO5. The Balaban J connectivity index is 1.41. The summed E-state index contributed by atoms with van der Waals surface area (Å²) in [4.78, 5) is 0.